The molecule has 0 saturated carbocycles. The molecule has 0 bridgehead atoms. The van der Waals surface area contributed by atoms with Crippen molar-refractivity contribution < 1.29 is 24.2 Å². The van der Waals surface area contributed by atoms with Crippen molar-refractivity contribution in [1.82, 2.24) is 10.6 Å². The van der Waals surface area contributed by atoms with E-state index in [1.54, 1.807) is 18.2 Å². The first-order chi connectivity index (χ1) is 10.5. The van der Waals surface area contributed by atoms with Gasteiger partial charge in [0.1, 0.15) is 0 Å². The fraction of sp³-hybridized carbons (Fsp3) is 0.357. The monoisotopic (exact) mass is 309 g/mol. The summed E-state index contributed by atoms with van der Waals surface area (Å²) in [6, 6.07) is 5.87. The molecule has 0 aliphatic carbocycles. The lowest BCUT2D eigenvalue weighted by Gasteiger charge is -2.15. The van der Waals surface area contributed by atoms with Crippen molar-refractivity contribution in [3.8, 4) is 0 Å². The van der Waals surface area contributed by atoms with Crippen molar-refractivity contribution in [1.29, 1.82) is 0 Å². The lowest BCUT2D eigenvalue weighted by atomic mass is 10.2. The van der Waals surface area contributed by atoms with E-state index in [2.05, 4.69) is 10.6 Å². The van der Waals surface area contributed by atoms with Gasteiger partial charge in [0.05, 0.1) is 12.2 Å². The molecule has 1 aromatic carbocycles. The van der Waals surface area contributed by atoms with Crippen LogP contribution in [0.25, 0.3) is 0 Å². The molecule has 0 unspecified atom stereocenters. The fourth-order valence-corrected chi connectivity index (χ4v) is 1.56. The Morgan fingerprint density at radius 1 is 1.27 bits per heavy atom. The molecular formula is C14H19N3O5. The molecule has 1 atom stereocenters. The maximum absolute atomic E-state index is 12.1. The van der Waals surface area contributed by atoms with E-state index in [1.165, 1.54) is 20.0 Å². The summed E-state index contributed by atoms with van der Waals surface area (Å²) in [4.78, 5) is 34.8. The van der Waals surface area contributed by atoms with E-state index < -0.39 is 24.0 Å². The van der Waals surface area contributed by atoms with E-state index in [9.17, 15) is 14.4 Å². The Bertz CT molecular complexity index is 547. The first kappa shape index (κ1) is 17.4. The molecule has 3 amide bonds. The summed E-state index contributed by atoms with van der Waals surface area (Å²) in [6.07, 6.45) is -1.13. The lowest BCUT2D eigenvalue weighted by Crippen LogP contribution is -2.43. The zero-order valence-corrected chi connectivity index (χ0v) is 12.4. The Labute approximate surface area is 127 Å². The quantitative estimate of drug-likeness (QED) is 0.553. The lowest BCUT2D eigenvalue weighted by molar-refractivity contribution is -0.127. The molecule has 0 radical (unpaired) electrons. The average molecular weight is 309 g/mol. The van der Waals surface area contributed by atoms with Crippen molar-refractivity contribution in [2.45, 2.75) is 13.0 Å². The summed E-state index contributed by atoms with van der Waals surface area (Å²) >= 11 is 0. The van der Waals surface area contributed by atoms with Crippen LogP contribution in [0.2, 0.25) is 0 Å². The van der Waals surface area contributed by atoms with Gasteiger partial charge in [0.2, 0.25) is 0 Å². The van der Waals surface area contributed by atoms with Gasteiger partial charge in [0, 0.05) is 19.3 Å². The number of aliphatic hydroxyl groups excluding tert-OH is 1. The highest BCUT2D eigenvalue weighted by Crippen LogP contribution is 2.16. The summed E-state index contributed by atoms with van der Waals surface area (Å²) < 4.78 is 5.03. The molecule has 22 heavy (non-hydrogen) atoms. The van der Waals surface area contributed by atoms with Crippen molar-refractivity contribution in [2.75, 3.05) is 25.5 Å². The van der Waals surface area contributed by atoms with Crippen LogP contribution in [-0.2, 0) is 9.53 Å². The van der Waals surface area contributed by atoms with Crippen LogP contribution in [0.15, 0.2) is 24.3 Å². The predicted octanol–water partition coefficient (Wildman–Crippen LogP) is 0.0917. The number of aliphatic hydroxyl groups is 1. The Balaban J connectivity index is 2.72. The molecule has 4 N–H and O–H groups in total. The second-order valence-electron chi connectivity index (χ2n) is 4.31. The number of hydrogen-bond acceptors (Lipinski definition) is 6. The molecule has 1 rings (SSSR count). The van der Waals surface area contributed by atoms with Gasteiger partial charge in [-0.3, -0.25) is 10.1 Å². The third-order valence-electron chi connectivity index (χ3n) is 2.69. The Morgan fingerprint density at radius 2 is 1.95 bits per heavy atom. The number of anilines is 1. The number of carbonyl (C=O) groups is 3. The van der Waals surface area contributed by atoms with Gasteiger partial charge in [0.25, 0.3) is 5.91 Å². The Kier molecular flexibility index (Phi) is 6.84. The van der Waals surface area contributed by atoms with Crippen LogP contribution in [0.4, 0.5) is 10.5 Å². The van der Waals surface area contributed by atoms with Gasteiger partial charge in [-0.05, 0) is 19.1 Å². The average Bonchev–Trinajstić information content (AvgIpc) is 2.52. The molecule has 0 aliphatic heterocycles. The summed E-state index contributed by atoms with van der Waals surface area (Å²) in [5.41, 5.74) is 0.719. The number of imide groups is 1. The molecule has 0 heterocycles. The third kappa shape index (κ3) is 5.06. The summed E-state index contributed by atoms with van der Waals surface area (Å²) in [5, 5.41) is 15.9. The summed E-state index contributed by atoms with van der Waals surface area (Å²) in [7, 11) is 1.36. The third-order valence-corrected chi connectivity index (χ3v) is 2.69. The molecule has 0 spiro atoms. The zero-order valence-electron chi connectivity index (χ0n) is 12.4. The molecule has 0 aliphatic rings. The second-order valence-corrected chi connectivity index (χ2v) is 4.31. The number of benzene rings is 1. The summed E-state index contributed by atoms with van der Waals surface area (Å²) in [6.45, 7) is 1.55. The Hall–Kier alpha value is -2.61. The molecule has 1 aromatic rings. The highest BCUT2D eigenvalue weighted by molar-refractivity contribution is 6.00. The first-order valence-corrected chi connectivity index (χ1v) is 6.67. The highest BCUT2D eigenvalue weighted by Gasteiger charge is 2.21. The minimum absolute atomic E-state index is 0.0890. The maximum atomic E-state index is 12.1. The van der Waals surface area contributed by atoms with Crippen LogP contribution < -0.4 is 16.0 Å². The summed E-state index contributed by atoms with van der Waals surface area (Å²) in [5.74, 6) is -1.44. The number of nitrogens with one attached hydrogen (secondary N) is 3. The van der Waals surface area contributed by atoms with Gasteiger partial charge >= 0.3 is 12.0 Å². The van der Waals surface area contributed by atoms with Crippen LogP contribution >= 0.6 is 0 Å². The Morgan fingerprint density at radius 3 is 2.59 bits per heavy atom. The van der Waals surface area contributed by atoms with E-state index in [0.717, 1.165) is 0 Å². The van der Waals surface area contributed by atoms with E-state index in [0.29, 0.717) is 5.69 Å². The second kappa shape index (κ2) is 8.63. The standard InChI is InChI=1S/C14H19N3O5/c1-9(12(19)17-14(21)15-2)22-13(20)10-5-3-4-6-11(10)16-7-8-18/h3-6,9,16,18H,7-8H2,1-2H3,(H2,15,17,19,21)/t9-/m0/s1. The smallest absolute Gasteiger partial charge is 0.341 e. The highest BCUT2D eigenvalue weighted by atomic mass is 16.5. The van der Waals surface area contributed by atoms with Crippen molar-refractivity contribution in [3.63, 3.8) is 0 Å². The van der Waals surface area contributed by atoms with Gasteiger partial charge in [-0.2, -0.15) is 0 Å². The number of para-hydroxylation sites is 1. The number of carbonyl (C=O) groups excluding carboxylic acids is 3. The van der Waals surface area contributed by atoms with Crippen molar-refractivity contribution in [2.24, 2.45) is 0 Å². The molecule has 0 fully saturated rings. The number of hydrogen-bond donors (Lipinski definition) is 4. The predicted molar refractivity (Wildman–Crippen MR) is 79.5 cm³/mol. The maximum Gasteiger partial charge on any atom is 0.341 e. The van der Waals surface area contributed by atoms with Crippen LogP contribution in [0.5, 0.6) is 0 Å². The van der Waals surface area contributed by atoms with E-state index in [-0.39, 0.29) is 18.7 Å². The van der Waals surface area contributed by atoms with Crippen LogP contribution in [0, 0.1) is 0 Å². The van der Waals surface area contributed by atoms with Gasteiger partial charge in [-0.1, -0.05) is 12.1 Å². The molecule has 8 heteroatoms. The molecule has 8 nitrogen and oxygen atoms in total. The topological polar surface area (TPSA) is 117 Å². The zero-order chi connectivity index (χ0) is 16.5. The van der Waals surface area contributed by atoms with Crippen molar-refractivity contribution >= 4 is 23.6 Å². The number of urea groups is 1. The first-order valence-electron chi connectivity index (χ1n) is 6.67. The largest absolute Gasteiger partial charge is 0.449 e. The van der Waals surface area contributed by atoms with E-state index in [4.69, 9.17) is 9.84 Å². The number of amides is 3. The minimum Gasteiger partial charge on any atom is -0.449 e. The van der Waals surface area contributed by atoms with Gasteiger partial charge in [-0.15, -0.1) is 0 Å². The van der Waals surface area contributed by atoms with Crippen molar-refractivity contribution in [3.05, 3.63) is 29.8 Å². The normalized spacial score (nSPS) is 11.2. The number of rotatable bonds is 6. The minimum atomic E-state index is -1.13. The van der Waals surface area contributed by atoms with E-state index in [1.807, 2.05) is 5.32 Å². The van der Waals surface area contributed by atoms with Gasteiger partial charge in [0.15, 0.2) is 6.10 Å². The fourth-order valence-electron chi connectivity index (χ4n) is 1.56. The van der Waals surface area contributed by atoms with Crippen LogP contribution in [0.1, 0.15) is 17.3 Å². The molecule has 0 saturated heterocycles. The van der Waals surface area contributed by atoms with Gasteiger partial charge < -0.3 is 20.5 Å². The van der Waals surface area contributed by atoms with Crippen LogP contribution in [-0.4, -0.2) is 49.3 Å². The van der Waals surface area contributed by atoms with E-state index >= 15 is 0 Å². The van der Waals surface area contributed by atoms with Gasteiger partial charge in [-0.25, -0.2) is 9.59 Å². The molecule has 120 valence electrons. The molecular weight excluding hydrogens is 290 g/mol. The SMILES string of the molecule is CNC(=O)NC(=O)[C@H](C)OC(=O)c1ccccc1NCCO. The van der Waals surface area contributed by atoms with Crippen LogP contribution in [0.3, 0.4) is 0 Å². The number of ether oxygens (including phenoxy) is 1. The molecule has 0 aromatic heterocycles. The number of esters is 1.